The molecular formula is C8H12N2O2S2. The van der Waals surface area contributed by atoms with Gasteiger partial charge in [-0.2, -0.15) is 0 Å². The van der Waals surface area contributed by atoms with Crippen LogP contribution >= 0.6 is 11.3 Å². The van der Waals surface area contributed by atoms with Crippen LogP contribution in [0.3, 0.4) is 0 Å². The molecule has 1 rings (SSSR count). The van der Waals surface area contributed by atoms with Gasteiger partial charge in [0.25, 0.3) is 5.91 Å². The summed E-state index contributed by atoms with van der Waals surface area (Å²) in [5, 5.41) is 4.75. The van der Waals surface area contributed by atoms with Crippen LogP contribution in [-0.2, 0) is 17.5 Å². The van der Waals surface area contributed by atoms with Crippen molar-refractivity contribution in [2.24, 2.45) is 0 Å². The van der Waals surface area contributed by atoms with E-state index >= 15 is 0 Å². The van der Waals surface area contributed by atoms with E-state index in [1.54, 1.807) is 11.4 Å². The van der Waals surface area contributed by atoms with Gasteiger partial charge in [-0.15, -0.1) is 11.3 Å². The van der Waals surface area contributed by atoms with Gasteiger partial charge < -0.3 is 5.32 Å². The summed E-state index contributed by atoms with van der Waals surface area (Å²) in [6.07, 6.45) is 1.43. The molecule has 0 aliphatic rings. The number of rotatable bonds is 4. The molecule has 1 amide bonds. The van der Waals surface area contributed by atoms with Crippen molar-refractivity contribution in [2.45, 2.75) is 6.54 Å². The van der Waals surface area contributed by atoms with E-state index in [9.17, 15) is 9.00 Å². The molecule has 0 bridgehead atoms. The number of hydrogen-bond acceptors (Lipinski definition) is 4. The second-order valence-corrected chi connectivity index (χ2v) is 4.83. The van der Waals surface area contributed by atoms with Gasteiger partial charge in [0.15, 0.2) is 0 Å². The van der Waals surface area contributed by atoms with Crippen LogP contribution in [0, 0.1) is 0 Å². The molecule has 1 unspecified atom stereocenters. The Balaban J connectivity index is 2.66. The third-order valence-corrected chi connectivity index (χ3v) is 2.91. The molecule has 0 saturated carbocycles. The predicted octanol–water partition coefficient (Wildman–Crippen LogP) is 0.491. The summed E-state index contributed by atoms with van der Waals surface area (Å²) in [4.78, 5) is 12.4. The molecule has 4 nitrogen and oxygen atoms in total. The average molecular weight is 232 g/mol. The summed E-state index contributed by atoms with van der Waals surface area (Å²) in [6.45, 7) is 0.743. The lowest BCUT2D eigenvalue weighted by Gasteiger charge is -1.97. The Kier molecular flexibility index (Phi) is 4.24. The number of carbonyl (C=O) groups excluding carboxylic acids is 1. The minimum Gasteiger partial charge on any atom is -0.315 e. The molecule has 1 aromatic rings. The lowest BCUT2D eigenvalue weighted by atomic mass is 10.3. The first-order valence-corrected chi connectivity index (χ1v) is 6.43. The van der Waals surface area contributed by atoms with Crippen LogP contribution in [0.5, 0.6) is 0 Å². The van der Waals surface area contributed by atoms with Gasteiger partial charge in [0, 0.05) is 23.1 Å². The van der Waals surface area contributed by atoms with E-state index in [2.05, 4.69) is 10.0 Å². The van der Waals surface area contributed by atoms with E-state index < -0.39 is 11.0 Å². The minimum atomic E-state index is -1.30. The van der Waals surface area contributed by atoms with E-state index in [1.165, 1.54) is 17.6 Å². The van der Waals surface area contributed by atoms with Crippen molar-refractivity contribution < 1.29 is 9.00 Å². The molecule has 6 heteroatoms. The molecule has 0 fully saturated rings. The van der Waals surface area contributed by atoms with Crippen LogP contribution in [0.25, 0.3) is 0 Å². The van der Waals surface area contributed by atoms with Crippen LogP contribution in [0.4, 0.5) is 0 Å². The Morgan fingerprint density at radius 3 is 2.93 bits per heavy atom. The molecule has 78 valence electrons. The van der Waals surface area contributed by atoms with Crippen LogP contribution in [0.15, 0.2) is 11.4 Å². The molecule has 1 heterocycles. The lowest BCUT2D eigenvalue weighted by Crippen LogP contribution is -2.24. The highest BCUT2D eigenvalue weighted by molar-refractivity contribution is 7.82. The van der Waals surface area contributed by atoms with Crippen molar-refractivity contribution in [3.05, 3.63) is 21.9 Å². The van der Waals surface area contributed by atoms with E-state index in [0.717, 1.165) is 11.4 Å². The molecule has 0 spiro atoms. The Bertz CT molecular complexity index is 349. The van der Waals surface area contributed by atoms with E-state index in [4.69, 9.17) is 0 Å². The fourth-order valence-corrected chi connectivity index (χ4v) is 2.21. The standard InChI is InChI=1S/C8H12N2O2S2/c1-9-4-7-3-6(5-13-7)8(11)10-14(2)12/h3,5,9H,4H2,1-2H3,(H,10,11). The van der Waals surface area contributed by atoms with Crippen molar-refractivity contribution in [3.63, 3.8) is 0 Å². The monoisotopic (exact) mass is 232 g/mol. The highest BCUT2D eigenvalue weighted by Gasteiger charge is 2.08. The summed E-state index contributed by atoms with van der Waals surface area (Å²) in [5.74, 6) is -0.288. The first-order valence-electron chi connectivity index (χ1n) is 4.00. The second kappa shape index (κ2) is 5.23. The van der Waals surface area contributed by atoms with Crippen LogP contribution in [-0.4, -0.2) is 23.4 Å². The highest BCUT2D eigenvalue weighted by atomic mass is 32.2. The SMILES string of the molecule is CNCc1cc(C(=O)NS(C)=O)cs1. The highest BCUT2D eigenvalue weighted by Crippen LogP contribution is 2.14. The normalized spacial score (nSPS) is 12.4. The number of nitrogens with one attached hydrogen (secondary N) is 2. The predicted molar refractivity (Wildman–Crippen MR) is 58.6 cm³/mol. The van der Waals surface area contributed by atoms with E-state index in [0.29, 0.717) is 5.56 Å². The fraction of sp³-hybridized carbons (Fsp3) is 0.375. The maximum atomic E-state index is 11.4. The Morgan fingerprint density at radius 2 is 2.36 bits per heavy atom. The number of hydrogen-bond donors (Lipinski definition) is 2. The summed E-state index contributed by atoms with van der Waals surface area (Å²) in [6, 6.07) is 1.80. The van der Waals surface area contributed by atoms with E-state index in [1.807, 2.05) is 7.05 Å². The van der Waals surface area contributed by atoms with Crippen LogP contribution < -0.4 is 10.0 Å². The molecule has 2 N–H and O–H groups in total. The number of carbonyl (C=O) groups is 1. The quantitative estimate of drug-likeness (QED) is 0.794. The maximum absolute atomic E-state index is 11.4. The van der Waals surface area contributed by atoms with Crippen molar-refractivity contribution in [3.8, 4) is 0 Å². The van der Waals surface area contributed by atoms with Gasteiger partial charge in [-0.3, -0.25) is 9.52 Å². The smallest absolute Gasteiger partial charge is 0.263 e. The van der Waals surface area contributed by atoms with Crippen LogP contribution in [0.1, 0.15) is 15.2 Å². The van der Waals surface area contributed by atoms with Gasteiger partial charge in [-0.25, -0.2) is 4.21 Å². The van der Waals surface area contributed by atoms with Gasteiger partial charge >= 0.3 is 0 Å². The molecule has 0 radical (unpaired) electrons. The summed E-state index contributed by atoms with van der Waals surface area (Å²) >= 11 is 1.51. The van der Waals surface area contributed by atoms with Crippen molar-refractivity contribution in [2.75, 3.05) is 13.3 Å². The zero-order valence-electron chi connectivity index (χ0n) is 7.99. The summed E-state index contributed by atoms with van der Waals surface area (Å²) in [5.41, 5.74) is 0.565. The molecule has 0 aliphatic heterocycles. The fourth-order valence-electron chi connectivity index (χ4n) is 0.956. The number of amides is 1. The zero-order valence-corrected chi connectivity index (χ0v) is 9.63. The molecule has 0 aromatic carbocycles. The van der Waals surface area contributed by atoms with Crippen molar-refractivity contribution >= 4 is 28.2 Å². The van der Waals surface area contributed by atoms with Crippen molar-refractivity contribution in [1.82, 2.24) is 10.0 Å². The Hall–Kier alpha value is -0.720. The number of thiophene rings is 1. The second-order valence-electron chi connectivity index (χ2n) is 2.72. The zero-order chi connectivity index (χ0) is 10.6. The van der Waals surface area contributed by atoms with Crippen LogP contribution in [0.2, 0.25) is 0 Å². The molecular weight excluding hydrogens is 220 g/mol. The van der Waals surface area contributed by atoms with Gasteiger partial charge in [0.2, 0.25) is 0 Å². The van der Waals surface area contributed by atoms with Gasteiger partial charge in [-0.1, -0.05) is 0 Å². The van der Waals surface area contributed by atoms with Gasteiger partial charge in [0.1, 0.15) is 11.0 Å². The maximum Gasteiger partial charge on any atom is 0.263 e. The Morgan fingerprint density at radius 1 is 1.64 bits per heavy atom. The molecule has 0 saturated heterocycles. The molecule has 1 atom stereocenters. The summed E-state index contributed by atoms with van der Waals surface area (Å²) in [7, 11) is 0.547. The average Bonchev–Trinajstić information content (AvgIpc) is 2.52. The largest absolute Gasteiger partial charge is 0.315 e. The third kappa shape index (κ3) is 3.21. The van der Waals surface area contributed by atoms with Crippen molar-refractivity contribution in [1.29, 1.82) is 0 Å². The molecule has 1 aromatic heterocycles. The minimum absolute atomic E-state index is 0.288. The summed E-state index contributed by atoms with van der Waals surface area (Å²) < 4.78 is 13.1. The van der Waals surface area contributed by atoms with Gasteiger partial charge in [-0.05, 0) is 13.1 Å². The van der Waals surface area contributed by atoms with Gasteiger partial charge in [0.05, 0.1) is 5.56 Å². The van der Waals surface area contributed by atoms with E-state index in [-0.39, 0.29) is 5.91 Å². The third-order valence-electron chi connectivity index (χ3n) is 1.50. The molecule has 14 heavy (non-hydrogen) atoms. The Labute approximate surface area is 89.3 Å². The topological polar surface area (TPSA) is 58.2 Å². The molecule has 0 aliphatic carbocycles. The first-order chi connectivity index (χ1) is 6.63. The first kappa shape index (κ1) is 11.4. The lowest BCUT2D eigenvalue weighted by molar-refractivity contribution is 0.0983.